The Morgan fingerprint density at radius 1 is 0.947 bits per heavy atom. The molecule has 2 aromatic rings. The Morgan fingerprint density at radius 2 is 1.63 bits per heavy atom. The van der Waals surface area contributed by atoms with Gasteiger partial charge in [0.15, 0.2) is 0 Å². The zero-order valence-corrected chi connectivity index (χ0v) is 22.6. The maximum atomic E-state index is 13.1. The number of imide groups is 1. The molecule has 5 heterocycles. The summed E-state index contributed by atoms with van der Waals surface area (Å²) in [6, 6.07) is 10.4. The van der Waals surface area contributed by atoms with Gasteiger partial charge in [-0.3, -0.25) is 14.9 Å². The van der Waals surface area contributed by atoms with Crippen LogP contribution in [0.25, 0.3) is 6.08 Å². The molecule has 6 rings (SSSR count). The van der Waals surface area contributed by atoms with Crippen LogP contribution in [0.1, 0.15) is 5.69 Å². The van der Waals surface area contributed by atoms with E-state index in [1.54, 1.807) is 34.6 Å². The van der Waals surface area contributed by atoms with Gasteiger partial charge in [-0.2, -0.15) is 9.29 Å². The number of rotatable bonds is 5. The first-order valence-corrected chi connectivity index (χ1v) is 14.9. The minimum atomic E-state index is -3.52. The molecule has 2 unspecified atom stereocenters. The molecule has 13 heteroatoms. The first-order chi connectivity index (χ1) is 18.3. The van der Waals surface area contributed by atoms with Gasteiger partial charge in [-0.05, 0) is 48.9 Å². The predicted molar refractivity (Wildman–Crippen MR) is 145 cm³/mol. The molecule has 4 saturated heterocycles. The van der Waals surface area contributed by atoms with Crippen LogP contribution < -0.4 is 15.1 Å². The lowest BCUT2D eigenvalue weighted by Gasteiger charge is -2.33. The van der Waals surface area contributed by atoms with Crippen LogP contribution in [0, 0.1) is 11.8 Å². The van der Waals surface area contributed by atoms with Crippen LogP contribution in [0.2, 0.25) is 0 Å². The number of carbonyl (C=O) groups excluding carboxylic acids is 2. The number of nitrogens with one attached hydrogen (secondary N) is 1. The monoisotopic (exact) mass is 555 g/mol. The van der Waals surface area contributed by atoms with Gasteiger partial charge in [0.2, 0.25) is 16.0 Å². The summed E-state index contributed by atoms with van der Waals surface area (Å²) < 4.78 is 27.9. The van der Waals surface area contributed by atoms with Gasteiger partial charge in [-0.25, -0.2) is 13.4 Å². The SMILES string of the molecule is CN1CCN(c2cc(/C=C3/SC(=O)NC3=O)nc(N3CC4CN(S(=O)(=O)c5ccccc5)CC4C3)n2)CC1. The van der Waals surface area contributed by atoms with E-state index >= 15 is 0 Å². The number of thioether (sulfide) groups is 1. The van der Waals surface area contributed by atoms with Crippen molar-refractivity contribution in [3.63, 3.8) is 0 Å². The molecule has 1 aromatic carbocycles. The van der Waals surface area contributed by atoms with Crippen molar-refractivity contribution in [2.24, 2.45) is 11.8 Å². The van der Waals surface area contributed by atoms with Crippen LogP contribution in [0.4, 0.5) is 16.6 Å². The van der Waals surface area contributed by atoms with E-state index in [0.29, 0.717) is 47.6 Å². The standard InChI is InChI=1S/C25H29N7O4S2/c1-29-7-9-30(10-8-29)22-12-19(11-21-23(33)28-25(34)37-21)26-24(27-22)31-13-17-15-32(16-18(17)14-31)38(35,36)20-5-3-2-4-6-20/h2-6,11-12,17-18H,7-10,13-16H2,1H3,(H,28,33,34)/b21-11+. The van der Waals surface area contributed by atoms with Crippen molar-refractivity contribution in [2.75, 3.05) is 69.2 Å². The van der Waals surface area contributed by atoms with Gasteiger partial charge in [0, 0.05) is 58.4 Å². The maximum absolute atomic E-state index is 13.1. The van der Waals surface area contributed by atoms with Crippen molar-refractivity contribution in [3.05, 3.63) is 47.0 Å². The molecule has 1 aromatic heterocycles. The van der Waals surface area contributed by atoms with E-state index in [2.05, 4.69) is 27.1 Å². The molecule has 0 radical (unpaired) electrons. The van der Waals surface area contributed by atoms with Crippen LogP contribution in [-0.2, 0) is 14.8 Å². The van der Waals surface area contributed by atoms with Crippen molar-refractivity contribution in [3.8, 4) is 0 Å². The Balaban J connectivity index is 1.24. The summed E-state index contributed by atoms with van der Waals surface area (Å²) in [7, 11) is -1.43. The second-order valence-corrected chi connectivity index (χ2v) is 13.1. The second-order valence-electron chi connectivity index (χ2n) is 10.2. The fourth-order valence-electron chi connectivity index (χ4n) is 5.46. The summed E-state index contributed by atoms with van der Waals surface area (Å²) in [4.78, 5) is 40.7. The van der Waals surface area contributed by atoms with Crippen molar-refractivity contribution in [1.29, 1.82) is 0 Å². The van der Waals surface area contributed by atoms with Gasteiger partial charge in [-0.1, -0.05) is 18.2 Å². The molecule has 4 fully saturated rings. The molecule has 0 aliphatic carbocycles. The van der Waals surface area contributed by atoms with Crippen molar-refractivity contribution in [2.45, 2.75) is 4.90 Å². The first kappa shape index (κ1) is 25.3. The van der Waals surface area contributed by atoms with Crippen LogP contribution in [0.15, 0.2) is 46.2 Å². The molecule has 4 aliphatic heterocycles. The average Bonchev–Trinajstić information content (AvgIpc) is 3.58. The number of fused-ring (bicyclic) bond motifs is 1. The predicted octanol–water partition coefficient (Wildman–Crippen LogP) is 1.31. The lowest BCUT2D eigenvalue weighted by molar-refractivity contribution is -0.115. The quantitative estimate of drug-likeness (QED) is 0.541. The second kappa shape index (κ2) is 9.95. The summed E-state index contributed by atoms with van der Waals surface area (Å²) in [6.45, 7) is 5.73. The van der Waals surface area contributed by atoms with Gasteiger partial charge in [0.05, 0.1) is 15.5 Å². The van der Waals surface area contributed by atoms with E-state index in [-0.39, 0.29) is 11.8 Å². The molecule has 2 atom stereocenters. The topological polar surface area (TPSA) is 119 Å². The molecule has 0 spiro atoms. The minimum Gasteiger partial charge on any atom is -0.354 e. The van der Waals surface area contributed by atoms with Gasteiger partial charge in [0.1, 0.15) is 5.82 Å². The van der Waals surface area contributed by atoms with E-state index in [4.69, 9.17) is 9.97 Å². The molecule has 0 saturated carbocycles. The number of hydrogen-bond donors (Lipinski definition) is 1. The Labute approximate surface area is 225 Å². The number of benzene rings is 1. The van der Waals surface area contributed by atoms with Crippen LogP contribution in [0.5, 0.6) is 0 Å². The average molecular weight is 556 g/mol. The molecule has 4 aliphatic rings. The summed E-state index contributed by atoms with van der Waals surface area (Å²) in [6.07, 6.45) is 1.64. The Hall–Kier alpha value is -3.00. The highest BCUT2D eigenvalue weighted by Gasteiger charge is 2.45. The van der Waals surface area contributed by atoms with Crippen molar-refractivity contribution < 1.29 is 18.0 Å². The number of amides is 2. The molecular weight excluding hydrogens is 526 g/mol. The third kappa shape index (κ3) is 4.91. The smallest absolute Gasteiger partial charge is 0.290 e. The third-order valence-corrected chi connectivity index (χ3v) is 10.2. The molecule has 200 valence electrons. The van der Waals surface area contributed by atoms with Crippen LogP contribution in [0.3, 0.4) is 0 Å². The molecule has 38 heavy (non-hydrogen) atoms. The number of carbonyl (C=O) groups is 2. The normalized spacial score (nSPS) is 25.9. The van der Waals surface area contributed by atoms with Gasteiger partial charge in [0.25, 0.3) is 11.1 Å². The van der Waals surface area contributed by atoms with E-state index in [0.717, 1.165) is 43.8 Å². The van der Waals surface area contributed by atoms with Gasteiger partial charge in [-0.15, -0.1) is 0 Å². The lowest BCUT2D eigenvalue weighted by atomic mass is 10.0. The van der Waals surface area contributed by atoms with E-state index in [1.807, 2.05) is 12.1 Å². The molecular formula is C25H29N7O4S2. The van der Waals surface area contributed by atoms with E-state index in [1.165, 1.54) is 0 Å². The molecule has 1 N–H and O–H groups in total. The largest absolute Gasteiger partial charge is 0.354 e. The molecule has 2 amide bonds. The third-order valence-electron chi connectivity index (χ3n) is 7.59. The van der Waals surface area contributed by atoms with E-state index in [9.17, 15) is 18.0 Å². The number of aromatic nitrogens is 2. The highest BCUT2D eigenvalue weighted by atomic mass is 32.2. The zero-order valence-electron chi connectivity index (χ0n) is 21.0. The number of nitrogens with zero attached hydrogens (tertiary/aromatic N) is 6. The highest BCUT2D eigenvalue weighted by Crippen LogP contribution is 2.36. The maximum Gasteiger partial charge on any atom is 0.290 e. The summed E-state index contributed by atoms with van der Waals surface area (Å²) in [5, 5.41) is 1.90. The Kier molecular flexibility index (Phi) is 6.62. The first-order valence-electron chi connectivity index (χ1n) is 12.6. The minimum absolute atomic E-state index is 0.181. The fourth-order valence-corrected chi connectivity index (χ4v) is 7.70. The van der Waals surface area contributed by atoms with Gasteiger partial charge < -0.3 is 14.7 Å². The number of sulfonamides is 1. The van der Waals surface area contributed by atoms with Gasteiger partial charge >= 0.3 is 0 Å². The number of piperazine rings is 1. The fraction of sp³-hybridized carbons (Fsp3) is 0.440. The molecule has 0 bridgehead atoms. The highest BCUT2D eigenvalue weighted by molar-refractivity contribution is 8.18. The van der Waals surface area contributed by atoms with E-state index < -0.39 is 21.2 Å². The number of likely N-dealkylation sites (N-methyl/N-ethyl adjacent to an activating group) is 1. The van der Waals surface area contributed by atoms with Crippen molar-refractivity contribution >= 4 is 50.8 Å². The zero-order chi connectivity index (χ0) is 26.4. The van der Waals surface area contributed by atoms with Crippen molar-refractivity contribution in [1.82, 2.24) is 24.5 Å². The Bertz CT molecular complexity index is 1380. The summed E-state index contributed by atoms with van der Waals surface area (Å²) in [5.41, 5.74) is 0.571. The van der Waals surface area contributed by atoms with Crippen LogP contribution >= 0.6 is 11.8 Å². The summed E-state index contributed by atoms with van der Waals surface area (Å²) >= 11 is 0.867. The number of anilines is 2. The Morgan fingerprint density at radius 3 is 2.26 bits per heavy atom. The lowest BCUT2D eigenvalue weighted by Crippen LogP contribution is -2.45. The summed E-state index contributed by atoms with van der Waals surface area (Å²) in [5.74, 6) is 1.29. The molecule has 11 nitrogen and oxygen atoms in total. The number of hydrogen-bond acceptors (Lipinski definition) is 10. The van der Waals surface area contributed by atoms with Crippen LogP contribution in [-0.4, -0.2) is 98.1 Å².